The lowest BCUT2D eigenvalue weighted by Gasteiger charge is -2.17. The lowest BCUT2D eigenvalue weighted by atomic mass is 9.99. The van der Waals surface area contributed by atoms with Crippen molar-refractivity contribution in [2.24, 2.45) is 11.7 Å². The Labute approximate surface area is 66.8 Å². The number of nitrogens with two attached hydrogens (primary N) is 1. The number of carbonyl (C=O) groups is 1. The Balaban J connectivity index is 0.000000461. The Morgan fingerprint density at radius 2 is 1.91 bits per heavy atom. The summed E-state index contributed by atoms with van der Waals surface area (Å²) in [6.45, 7) is 1.72. The van der Waals surface area contributed by atoms with Crippen LogP contribution >= 0.6 is 0 Å². The van der Waals surface area contributed by atoms with Gasteiger partial charge < -0.3 is 16.2 Å². The van der Waals surface area contributed by atoms with Crippen LogP contribution in [0.25, 0.3) is 0 Å². The minimum absolute atomic E-state index is 0.0914. The number of carboxylic acids is 1. The highest BCUT2D eigenvalue weighted by atomic mass is 16.4. The molecule has 0 amide bonds. The van der Waals surface area contributed by atoms with Crippen LogP contribution in [-0.2, 0) is 4.79 Å². The molecule has 1 heterocycles. The monoisotopic (exact) mass is 160 g/mol. The molecule has 0 saturated carbocycles. The maximum absolute atomic E-state index is 10.3. The van der Waals surface area contributed by atoms with Gasteiger partial charge in [-0.3, -0.25) is 4.79 Å². The van der Waals surface area contributed by atoms with Crippen molar-refractivity contribution >= 4 is 5.97 Å². The Kier molecular flexibility index (Phi) is 5.78. The van der Waals surface area contributed by atoms with Crippen LogP contribution in [-0.4, -0.2) is 31.2 Å². The SMILES string of the molecule is CN.O=C(O)C1CCNCC1. The molecular formula is C7H16N2O2. The van der Waals surface area contributed by atoms with Gasteiger partial charge in [-0.05, 0) is 33.0 Å². The van der Waals surface area contributed by atoms with E-state index in [1.807, 2.05) is 0 Å². The highest BCUT2D eigenvalue weighted by Gasteiger charge is 2.18. The number of carboxylic acid groups (broad SMARTS) is 1. The van der Waals surface area contributed by atoms with Gasteiger partial charge in [0.05, 0.1) is 5.92 Å². The molecule has 4 heteroatoms. The lowest BCUT2D eigenvalue weighted by molar-refractivity contribution is -0.142. The predicted molar refractivity (Wildman–Crippen MR) is 43.3 cm³/mol. The van der Waals surface area contributed by atoms with E-state index in [0.717, 1.165) is 25.9 Å². The molecule has 0 radical (unpaired) electrons. The van der Waals surface area contributed by atoms with Crippen LogP contribution in [0.3, 0.4) is 0 Å². The fourth-order valence-electron chi connectivity index (χ4n) is 1.07. The molecule has 0 atom stereocenters. The largest absolute Gasteiger partial charge is 0.481 e. The van der Waals surface area contributed by atoms with Crippen LogP contribution in [0.1, 0.15) is 12.8 Å². The maximum Gasteiger partial charge on any atom is 0.306 e. The average molecular weight is 160 g/mol. The van der Waals surface area contributed by atoms with Gasteiger partial charge in [0, 0.05) is 0 Å². The first kappa shape index (κ1) is 10.4. The fourth-order valence-corrected chi connectivity index (χ4v) is 1.07. The summed E-state index contributed by atoms with van der Waals surface area (Å²) in [5.74, 6) is -0.734. The molecule has 0 aromatic rings. The zero-order chi connectivity index (χ0) is 8.69. The maximum atomic E-state index is 10.3. The predicted octanol–water partition coefficient (Wildman–Crippen LogP) is -0.355. The Bertz CT molecular complexity index is 111. The first-order chi connectivity index (χ1) is 5.30. The molecule has 1 aliphatic rings. The zero-order valence-corrected chi connectivity index (χ0v) is 6.84. The van der Waals surface area contributed by atoms with E-state index in [1.165, 1.54) is 7.05 Å². The first-order valence-electron chi connectivity index (χ1n) is 3.82. The van der Waals surface area contributed by atoms with E-state index in [9.17, 15) is 4.79 Å². The van der Waals surface area contributed by atoms with Gasteiger partial charge in [0.25, 0.3) is 0 Å². The van der Waals surface area contributed by atoms with Crippen molar-refractivity contribution in [1.29, 1.82) is 0 Å². The van der Waals surface area contributed by atoms with Crippen LogP contribution in [0.5, 0.6) is 0 Å². The second-order valence-electron chi connectivity index (χ2n) is 2.36. The molecule has 0 spiro atoms. The molecule has 11 heavy (non-hydrogen) atoms. The summed E-state index contributed by atoms with van der Waals surface area (Å²) < 4.78 is 0. The van der Waals surface area contributed by atoms with Crippen molar-refractivity contribution in [3.8, 4) is 0 Å². The number of aliphatic carboxylic acids is 1. The van der Waals surface area contributed by atoms with Crippen LogP contribution in [0.15, 0.2) is 0 Å². The second-order valence-corrected chi connectivity index (χ2v) is 2.36. The molecule has 0 aromatic carbocycles. The second kappa shape index (κ2) is 6.12. The summed E-state index contributed by atoms with van der Waals surface area (Å²) in [6.07, 6.45) is 1.57. The number of hydrogen-bond donors (Lipinski definition) is 3. The Morgan fingerprint density at radius 3 is 2.18 bits per heavy atom. The molecule has 0 bridgehead atoms. The molecule has 1 rings (SSSR count). The number of piperidine rings is 1. The van der Waals surface area contributed by atoms with Gasteiger partial charge in [0.2, 0.25) is 0 Å². The van der Waals surface area contributed by atoms with Gasteiger partial charge in [0.1, 0.15) is 0 Å². The van der Waals surface area contributed by atoms with Gasteiger partial charge in [0.15, 0.2) is 0 Å². The van der Waals surface area contributed by atoms with E-state index in [-0.39, 0.29) is 5.92 Å². The third-order valence-corrected chi connectivity index (χ3v) is 1.69. The van der Waals surface area contributed by atoms with Crippen molar-refractivity contribution in [3.63, 3.8) is 0 Å². The molecule has 4 N–H and O–H groups in total. The van der Waals surface area contributed by atoms with Crippen molar-refractivity contribution in [1.82, 2.24) is 5.32 Å². The molecule has 0 aromatic heterocycles. The Morgan fingerprint density at radius 1 is 1.45 bits per heavy atom. The van der Waals surface area contributed by atoms with E-state index >= 15 is 0 Å². The summed E-state index contributed by atoms with van der Waals surface area (Å²) >= 11 is 0. The molecule has 0 unspecified atom stereocenters. The minimum Gasteiger partial charge on any atom is -0.481 e. The summed E-state index contributed by atoms with van der Waals surface area (Å²) in [6, 6.07) is 0. The summed E-state index contributed by atoms with van der Waals surface area (Å²) in [7, 11) is 1.50. The van der Waals surface area contributed by atoms with E-state index in [2.05, 4.69) is 11.1 Å². The summed E-state index contributed by atoms with van der Waals surface area (Å²) in [5.41, 5.74) is 4.50. The minimum atomic E-state index is -0.642. The van der Waals surface area contributed by atoms with Crippen molar-refractivity contribution in [2.75, 3.05) is 20.1 Å². The molecule has 1 fully saturated rings. The molecule has 66 valence electrons. The van der Waals surface area contributed by atoms with Crippen LogP contribution in [0.2, 0.25) is 0 Å². The lowest BCUT2D eigenvalue weighted by Crippen LogP contribution is -2.31. The number of nitrogens with one attached hydrogen (secondary N) is 1. The first-order valence-corrected chi connectivity index (χ1v) is 3.82. The fraction of sp³-hybridized carbons (Fsp3) is 0.857. The van der Waals surface area contributed by atoms with Crippen LogP contribution < -0.4 is 11.1 Å². The quantitative estimate of drug-likeness (QED) is 0.490. The smallest absolute Gasteiger partial charge is 0.306 e. The van der Waals surface area contributed by atoms with Gasteiger partial charge in [-0.2, -0.15) is 0 Å². The summed E-state index contributed by atoms with van der Waals surface area (Å²) in [4.78, 5) is 10.3. The van der Waals surface area contributed by atoms with Gasteiger partial charge in [-0.25, -0.2) is 0 Å². The number of rotatable bonds is 1. The third-order valence-electron chi connectivity index (χ3n) is 1.69. The highest BCUT2D eigenvalue weighted by molar-refractivity contribution is 5.70. The van der Waals surface area contributed by atoms with Gasteiger partial charge >= 0.3 is 5.97 Å². The third kappa shape index (κ3) is 3.95. The molecule has 4 nitrogen and oxygen atoms in total. The van der Waals surface area contributed by atoms with Gasteiger partial charge in [-0.15, -0.1) is 0 Å². The zero-order valence-electron chi connectivity index (χ0n) is 6.84. The van der Waals surface area contributed by atoms with Gasteiger partial charge in [-0.1, -0.05) is 0 Å². The van der Waals surface area contributed by atoms with E-state index in [1.54, 1.807) is 0 Å². The van der Waals surface area contributed by atoms with Crippen LogP contribution in [0, 0.1) is 5.92 Å². The van der Waals surface area contributed by atoms with E-state index < -0.39 is 5.97 Å². The normalized spacial score (nSPS) is 18.4. The standard InChI is InChI=1S/C6H11NO2.CH5N/c8-6(9)5-1-3-7-4-2-5;1-2/h5,7H,1-4H2,(H,8,9);2H2,1H3. The van der Waals surface area contributed by atoms with Crippen molar-refractivity contribution < 1.29 is 9.90 Å². The van der Waals surface area contributed by atoms with Crippen molar-refractivity contribution in [3.05, 3.63) is 0 Å². The van der Waals surface area contributed by atoms with Crippen LogP contribution in [0.4, 0.5) is 0 Å². The highest BCUT2D eigenvalue weighted by Crippen LogP contribution is 2.10. The summed E-state index contributed by atoms with van der Waals surface area (Å²) in [5, 5.41) is 11.6. The van der Waals surface area contributed by atoms with Crippen molar-refractivity contribution in [2.45, 2.75) is 12.8 Å². The topological polar surface area (TPSA) is 75.4 Å². The molecule has 1 aliphatic heterocycles. The molecular weight excluding hydrogens is 144 g/mol. The molecule has 0 aliphatic carbocycles. The Hall–Kier alpha value is -0.610. The van der Waals surface area contributed by atoms with E-state index in [0.29, 0.717) is 0 Å². The molecule has 1 saturated heterocycles. The van der Waals surface area contributed by atoms with E-state index in [4.69, 9.17) is 5.11 Å². The average Bonchev–Trinajstić information content (AvgIpc) is 2.10. The number of hydrogen-bond acceptors (Lipinski definition) is 3.